The summed E-state index contributed by atoms with van der Waals surface area (Å²) in [5, 5.41) is 11.7. The number of aliphatic carboxylic acids is 1. The Labute approximate surface area is 74.2 Å². The lowest BCUT2D eigenvalue weighted by Gasteiger charge is -2.12. The number of hydrogen-bond donors (Lipinski definition) is 2. The van der Waals surface area contributed by atoms with Crippen molar-refractivity contribution < 1.29 is 9.90 Å². The van der Waals surface area contributed by atoms with E-state index in [1.165, 1.54) is 0 Å². The quantitative estimate of drug-likeness (QED) is 0.639. The van der Waals surface area contributed by atoms with E-state index in [9.17, 15) is 4.79 Å². The van der Waals surface area contributed by atoms with E-state index in [0.29, 0.717) is 12.3 Å². The number of carboxylic acids is 1. The number of carbonyl (C=O) groups is 1. The van der Waals surface area contributed by atoms with Crippen molar-refractivity contribution in [2.24, 2.45) is 5.92 Å². The van der Waals surface area contributed by atoms with Gasteiger partial charge in [0.2, 0.25) is 0 Å². The first kappa shape index (κ1) is 11.4. The fraction of sp³-hybridized carbons (Fsp3) is 0.889. The van der Waals surface area contributed by atoms with Gasteiger partial charge in [-0.15, -0.1) is 0 Å². The molecule has 12 heavy (non-hydrogen) atoms. The second kappa shape index (κ2) is 6.00. The van der Waals surface area contributed by atoms with E-state index in [2.05, 4.69) is 19.2 Å². The van der Waals surface area contributed by atoms with Crippen LogP contribution in [0.3, 0.4) is 0 Å². The molecule has 0 saturated heterocycles. The Balaban J connectivity index is 3.52. The normalized spacial score (nSPS) is 13.3. The number of carboxylic acid groups (broad SMARTS) is 1. The van der Waals surface area contributed by atoms with Gasteiger partial charge in [-0.05, 0) is 25.3 Å². The summed E-state index contributed by atoms with van der Waals surface area (Å²) in [6, 6.07) is -0.372. The third kappa shape index (κ3) is 5.13. The molecule has 0 amide bonds. The van der Waals surface area contributed by atoms with Gasteiger partial charge in [0.05, 0.1) is 0 Å². The molecule has 1 unspecified atom stereocenters. The zero-order chi connectivity index (χ0) is 9.56. The predicted molar refractivity (Wildman–Crippen MR) is 49.2 cm³/mol. The van der Waals surface area contributed by atoms with Gasteiger partial charge < -0.3 is 10.4 Å². The van der Waals surface area contributed by atoms with Gasteiger partial charge >= 0.3 is 5.97 Å². The summed E-state index contributed by atoms with van der Waals surface area (Å²) >= 11 is 0. The maximum absolute atomic E-state index is 10.5. The lowest BCUT2D eigenvalue weighted by Crippen LogP contribution is -2.36. The molecule has 1 atom stereocenters. The third-order valence-electron chi connectivity index (χ3n) is 1.82. The second-order valence-electron chi connectivity index (χ2n) is 3.44. The van der Waals surface area contributed by atoms with Crippen LogP contribution in [0.15, 0.2) is 0 Å². The molecule has 0 aliphatic heterocycles. The van der Waals surface area contributed by atoms with Crippen molar-refractivity contribution in [3.05, 3.63) is 0 Å². The summed E-state index contributed by atoms with van der Waals surface area (Å²) in [6.45, 7) is 6.93. The molecule has 72 valence electrons. The van der Waals surface area contributed by atoms with Crippen LogP contribution in [0, 0.1) is 5.92 Å². The van der Waals surface area contributed by atoms with Crippen molar-refractivity contribution >= 4 is 5.97 Å². The number of hydrogen-bond acceptors (Lipinski definition) is 2. The lowest BCUT2D eigenvalue weighted by atomic mass is 10.1. The summed E-state index contributed by atoms with van der Waals surface area (Å²) in [5.41, 5.74) is 0. The smallest absolute Gasteiger partial charge is 0.320 e. The second-order valence-corrected chi connectivity index (χ2v) is 3.44. The molecule has 3 nitrogen and oxygen atoms in total. The monoisotopic (exact) mass is 173 g/mol. The molecule has 0 bridgehead atoms. The van der Waals surface area contributed by atoms with E-state index >= 15 is 0 Å². The van der Waals surface area contributed by atoms with Gasteiger partial charge in [0, 0.05) is 0 Å². The zero-order valence-corrected chi connectivity index (χ0v) is 8.13. The van der Waals surface area contributed by atoms with Crippen molar-refractivity contribution in [3.63, 3.8) is 0 Å². The highest BCUT2D eigenvalue weighted by atomic mass is 16.4. The summed E-state index contributed by atoms with van der Waals surface area (Å²) in [7, 11) is 0. The summed E-state index contributed by atoms with van der Waals surface area (Å²) in [5.74, 6) is -0.120. The Hall–Kier alpha value is -0.570. The van der Waals surface area contributed by atoms with Crippen LogP contribution in [0.25, 0.3) is 0 Å². The van der Waals surface area contributed by atoms with Crippen molar-refractivity contribution in [2.75, 3.05) is 6.54 Å². The molecule has 0 aromatic heterocycles. The molecular formula is C9H19NO2. The SMILES string of the molecule is CCC(NCCC(C)C)C(=O)O. The van der Waals surface area contributed by atoms with Crippen LogP contribution in [0.1, 0.15) is 33.6 Å². The number of rotatable bonds is 6. The molecule has 0 aromatic carbocycles. The van der Waals surface area contributed by atoms with E-state index in [4.69, 9.17) is 5.11 Å². The van der Waals surface area contributed by atoms with Crippen LogP contribution in [-0.4, -0.2) is 23.7 Å². The Morgan fingerprint density at radius 3 is 2.42 bits per heavy atom. The average molecular weight is 173 g/mol. The van der Waals surface area contributed by atoms with Crippen molar-refractivity contribution in [1.29, 1.82) is 0 Å². The molecular weight excluding hydrogens is 154 g/mol. The maximum Gasteiger partial charge on any atom is 0.320 e. The van der Waals surface area contributed by atoms with Gasteiger partial charge in [-0.1, -0.05) is 20.8 Å². The van der Waals surface area contributed by atoms with Crippen LogP contribution < -0.4 is 5.32 Å². The Bertz CT molecular complexity index is 134. The fourth-order valence-corrected chi connectivity index (χ4v) is 0.953. The molecule has 0 aliphatic rings. The van der Waals surface area contributed by atoms with Gasteiger partial charge in [0.15, 0.2) is 0 Å². The third-order valence-corrected chi connectivity index (χ3v) is 1.82. The molecule has 0 heterocycles. The van der Waals surface area contributed by atoms with Crippen LogP contribution >= 0.6 is 0 Å². The molecule has 0 fully saturated rings. The lowest BCUT2D eigenvalue weighted by molar-refractivity contribution is -0.139. The average Bonchev–Trinajstić information content (AvgIpc) is 1.96. The molecule has 0 spiro atoms. The Morgan fingerprint density at radius 2 is 2.08 bits per heavy atom. The molecule has 0 aliphatic carbocycles. The molecule has 0 rings (SSSR count). The minimum atomic E-state index is -0.749. The van der Waals surface area contributed by atoms with Crippen molar-refractivity contribution in [1.82, 2.24) is 5.32 Å². The van der Waals surface area contributed by atoms with E-state index in [-0.39, 0.29) is 6.04 Å². The van der Waals surface area contributed by atoms with Gasteiger partial charge in [0.25, 0.3) is 0 Å². The Morgan fingerprint density at radius 1 is 1.50 bits per heavy atom. The van der Waals surface area contributed by atoms with Crippen LogP contribution in [0.2, 0.25) is 0 Å². The first-order chi connectivity index (χ1) is 5.57. The maximum atomic E-state index is 10.5. The molecule has 2 N–H and O–H groups in total. The van der Waals surface area contributed by atoms with Gasteiger partial charge in [0.1, 0.15) is 6.04 Å². The van der Waals surface area contributed by atoms with Gasteiger partial charge in [-0.2, -0.15) is 0 Å². The number of nitrogens with one attached hydrogen (secondary N) is 1. The minimum Gasteiger partial charge on any atom is -0.480 e. The first-order valence-corrected chi connectivity index (χ1v) is 4.54. The predicted octanol–water partition coefficient (Wildman–Crippen LogP) is 1.49. The van der Waals surface area contributed by atoms with Crippen molar-refractivity contribution in [3.8, 4) is 0 Å². The van der Waals surface area contributed by atoms with Crippen LogP contribution in [-0.2, 0) is 4.79 Å². The molecule has 0 saturated carbocycles. The zero-order valence-electron chi connectivity index (χ0n) is 8.13. The standard InChI is InChI=1S/C9H19NO2/c1-4-8(9(11)12)10-6-5-7(2)3/h7-8,10H,4-6H2,1-3H3,(H,11,12). The van der Waals surface area contributed by atoms with Crippen LogP contribution in [0.4, 0.5) is 0 Å². The van der Waals surface area contributed by atoms with Crippen molar-refractivity contribution in [2.45, 2.75) is 39.7 Å². The highest BCUT2D eigenvalue weighted by Crippen LogP contribution is 1.98. The summed E-state index contributed by atoms with van der Waals surface area (Å²) in [4.78, 5) is 10.5. The molecule has 0 aromatic rings. The summed E-state index contributed by atoms with van der Waals surface area (Å²) in [6.07, 6.45) is 1.68. The van der Waals surface area contributed by atoms with E-state index in [0.717, 1.165) is 13.0 Å². The van der Waals surface area contributed by atoms with Gasteiger partial charge in [-0.25, -0.2) is 0 Å². The Kier molecular flexibility index (Phi) is 5.72. The van der Waals surface area contributed by atoms with Crippen LogP contribution in [0.5, 0.6) is 0 Å². The fourth-order valence-electron chi connectivity index (χ4n) is 0.953. The highest BCUT2D eigenvalue weighted by molar-refractivity contribution is 5.73. The van der Waals surface area contributed by atoms with E-state index < -0.39 is 5.97 Å². The minimum absolute atomic E-state index is 0.372. The van der Waals surface area contributed by atoms with Gasteiger partial charge in [-0.3, -0.25) is 4.79 Å². The largest absolute Gasteiger partial charge is 0.480 e. The molecule has 0 radical (unpaired) electrons. The summed E-state index contributed by atoms with van der Waals surface area (Å²) < 4.78 is 0. The van der Waals surface area contributed by atoms with E-state index in [1.54, 1.807) is 0 Å². The topological polar surface area (TPSA) is 49.3 Å². The molecule has 3 heteroatoms. The van der Waals surface area contributed by atoms with E-state index in [1.807, 2.05) is 6.92 Å². The highest BCUT2D eigenvalue weighted by Gasteiger charge is 2.12. The first-order valence-electron chi connectivity index (χ1n) is 4.54.